The summed E-state index contributed by atoms with van der Waals surface area (Å²) in [7, 11) is 1.99. The number of para-hydroxylation sites is 1. The first-order valence-corrected chi connectivity index (χ1v) is 7.21. The summed E-state index contributed by atoms with van der Waals surface area (Å²) >= 11 is 0. The van der Waals surface area contributed by atoms with E-state index < -0.39 is 11.7 Å². The fraction of sp³-hybridized carbons (Fsp3) is 0.111. The number of halogens is 1. The molecular weight excluding hydrogens is 293 g/mol. The Morgan fingerprint density at radius 2 is 2.00 bits per heavy atom. The smallest absolute Gasteiger partial charge is 0.271 e. The molecule has 0 fully saturated rings. The van der Waals surface area contributed by atoms with Gasteiger partial charge < -0.3 is 4.57 Å². The minimum absolute atomic E-state index is 0.233. The van der Waals surface area contributed by atoms with Gasteiger partial charge in [-0.15, -0.1) is 0 Å². The normalized spacial score (nSPS) is 11.3. The van der Waals surface area contributed by atoms with Crippen molar-refractivity contribution in [3.05, 3.63) is 71.2 Å². The number of hydrogen-bond donors (Lipinski definition) is 1. The lowest BCUT2D eigenvalue weighted by Crippen LogP contribution is -2.17. The average molecular weight is 309 g/mol. The second-order valence-corrected chi connectivity index (χ2v) is 5.28. The standard InChI is InChI=1S/C18H16FN3O/c1-12-16(15-8-3-4-9-17(15)22(12)2)11-20-21-18(23)13-6-5-7-14(19)10-13/h3-11H,1-2H3,(H,21,23)/b20-11+. The summed E-state index contributed by atoms with van der Waals surface area (Å²) in [5, 5.41) is 5.08. The molecule has 23 heavy (non-hydrogen) atoms. The molecule has 1 N–H and O–H groups in total. The largest absolute Gasteiger partial charge is 0.347 e. The van der Waals surface area contributed by atoms with Gasteiger partial charge in [-0.2, -0.15) is 5.10 Å². The maximum absolute atomic E-state index is 13.1. The van der Waals surface area contributed by atoms with E-state index in [1.165, 1.54) is 24.3 Å². The van der Waals surface area contributed by atoms with Gasteiger partial charge in [-0.3, -0.25) is 4.79 Å². The van der Waals surface area contributed by atoms with Crippen LogP contribution in [0.5, 0.6) is 0 Å². The molecule has 3 rings (SSSR count). The molecule has 1 amide bonds. The molecule has 0 unspecified atom stereocenters. The summed E-state index contributed by atoms with van der Waals surface area (Å²) < 4.78 is 15.2. The van der Waals surface area contributed by atoms with E-state index in [-0.39, 0.29) is 5.56 Å². The van der Waals surface area contributed by atoms with Crippen molar-refractivity contribution in [3.63, 3.8) is 0 Å². The van der Waals surface area contributed by atoms with E-state index in [2.05, 4.69) is 15.1 Å². The van der Waals surface area contributed by atoms with Crippen molar-refractivity contribution in [2.45, 2.75) is 6.92 Å². The van der Waals surface area contributed by atoms with Gasteiger partial charge in [0.05, 0.1) is 6.21 Å². The molecule has 4 nitrogen and oxygen atoms in total. The average Bonchev–Trinajstić information content (AvgIpc) is 2.80. The molecule has 0 saturated heterocycles. The molecule has 2 aromatic carbocycles. The second-order valence-electron chi connectivity index (χ2n) is 5.28. The number of amides is 1. The number of fused-ring (bicyclic) bond motifs is 1. The first-order valence-electron chi connectivity index (χ1n) is 7.21. The van der Waals surface area contributed by atoms with Gasteiger partial charge in [0.1, 0.15) is 5.82 Å². The Morgan fingerprint density at radius 3 is 2.78 bits per heavy atom. The summed E-state index contributed by atoms with van der Waals surface area (Å²) in [4.78, 5) is 11.9. The number of nitrogens with zero attached hydrogens (tertiary/aromatic N) is 2. The molecule has 3 aromatic rings. The van der Waals surface area contributed by atoms with E-state index in [4.69, 9.17) is 0 Å². The van der Waals surface area contributed by atoms with E-state index in [9.17, 15) is 9.18 Å². The number of aryl methyl sites for hydroxylation is 1. The maximum atomic E-state index is 13.1. The maximum Gasteiger partial charge on any atom is 0.271 e. The molecule has 0 bridgehead atoms. The summed E-state index contributed by atoms with van der Waals surface area (Å²) in [5.41, 5.74) is 5.76. The van der Waals surface area contributed by atoms with Crippen molar-refractivity contribution in [1.29, 1.82) is 0 Å². The molecule has 0 saturated carbocycles. The van der Waals surface area contributed by atoms with Crippen molar-refractivity contribution in [2.24, 2.45) is 12.1 Å². The molecule has 0 atom stereocenters. The number of hydrogen-bond acceptors (Lipinski definition) is 2. The predicted octanol–water partition coefficient (Wildman–Crippen LogP) is 3.39. The highest BCUT2D eigenvalue weighted by Gasteiger charge is 2.10. The van der Waals surface area contributed by atoms with Crippen molar-refractivity contribution in [2.75, 3.05) is 0 Å². The number of benzene rings is 2. The highest BCUT2D eigenvalue weighted by atomic mass is 19.1. The highest BCUT2D eigenvalue weighted by Crippen LogP contribution is 2.22. The van der Waals surface area contributed by atoms with Gasteiger partial charge in [0.2, 0.25) is 0 Å². The van der Waals surface area contributed by atoms with Crippen molar-refractivity contribution >= 4 is 23.0 Å². The van der Waals surface area contributed by atoms with Gasteiger partial charge in [0.25, 0.3) is 5.91 Å². The zero-order valence-electron chi connectivity index (χ0n) is 12.9. The lowest BCUT2D eigenvalue weighted by atomic mass is 10.1. The topological polar surface area (TPSA) is 46.4 Å². The summed E-state index contributed by atoms with van der Waals surface area (Å²) in [5.74, 6) is -0.898. The molecule has 1 aromatic heterocycles. The minimum Gasteiger partial charge on any atom is -0.347 e. The predicted molar refractivity (Wildman–Crippen MR) is 89.1 cm³/mol. The van der Waals surface area contributed by atoms with E-state index in [1.807, 2.05) is 38.2 Å². The van der Waals surface area contributed by atoms with Crippen molar-refractivity contribution in [1.82, 2.24) is 9.99 Å². The van der Waals surface area contributed by atoms with Crippen molar-refractivity contribution < 1.29 is 9.18 Å². The third-order valence-corrected chi connectivity index (χ3v) is 3.90. The van der Waals surface area contributed by atoms with Crippen LogP contribution in [0.1, 0.15) is 21.6 Å². The molecular formula is C18H16FN3O. The first-order chi connectivity index (χ1) is 11.1. The lowest BCUT2D eigenvalue weighted by Gasteiger charge is -2.00. The second kappa shape index (κ2) is 6.04. The zero-order valence-corrected chi connectivity index (χ0v) is 12.9. The Hall–Kier alpha value is -2.95. The van der Waals surface area contributed by atoms with Crippen LogP contribution in [0, 0.1) is 12.7 Å². The fourth-order valence-corrected chi connectivity index (χ4v) is 2.56. The van der Waals surface area contributed by atoms with E-state index in [0.717, 1.165) is 22.2 Å². The van der Waals surface area contributed by atoms with Crippen LogP contribution in [-0.2, 0) is 7.05 Å². The van der Waals surface area contributed by atoms with Gasteiger partial charge in [-0.1, -0.05) is 24.3 Å². The van der Waals surface area contributed by atoms with Crippen LogP contribution in [-0.4, -0.2) is 16.7 Å². The van der Waals surface area contributed by atoms with E-state index in [0.29, 0.717) is 0 Å². The third-order valence-electron chi connectivity index (χ3n) is 3.90. The summed E-state index contributed by atoms with van der Waals surface area (Å²) in [6, 6.07) is 13.5. The van der Waals surface area contributed by atoms with Gasteiger partial charge in [0.15, 0.2) is 0 Å². The van der Waals surface area contributed by atoms with Crippen LogP contribution < -0.4 is 5.43 Å². The lowest BCUT2D eigenvalue weighted by molar-refractivity contribution is 0.0954. The van der Waals surface area contributed by atoms with Crippen LogP contribution in [0.3, 0.4) is 0 Å². The minimum atomic E-state index is -0.452. The molecule has 0 radical (unpaired) electrons. The summed E-state index contributed by atoms with van der Waals surface area (Å²) in [6.45, 7) is 2.00. The van der Waals surface area contributed by atoms with Gasteiger partial charge in [-0.05, 0) is 31.2 Å². The van der Waals surface area contributed by atoms with E-state index in [1.54, 1.807) is 6.21 Å². The molecule has 5 heteroatoms. The Balaban J connectivity index is 1.84. The van der Waals surface area contributed by atoms with Crippen LogP contribution in [0.4, 0.5) is 4.39 Å². The van der Waals surface area contributed by atoms with E-state index >= 15 is 0 Å². The van der Waals surface area contributed by atoms with Crippen LogP contribution in [0.15, 0.2) is 53.6 Å². The van der Waals surface area contributed by atoms with Crippen LogP contribution in [0.25, 0.3) is 10.9 Å². The number of carbonyl (C=O) groups excluding carboxylic acids is 1. The van der Waals surface area contributed by atoms with Gasteiger partial charge >= 0.3 is 0 Å². The number of hydrazone groups is 1. The molecule has 0 aliphatic heterocycles. The molecule has 0 spiro atoms. The van der Waals surface area contributed by atoms with Crippen LogP contribution in [0.2, 0.25) is 0 Å². The number of rotatable bonds is 3. The Kier molecular flexibility index (Phi) is 3.93. The van der Waals surface area contributed by atoms with Gasteiger partial charge in [-0.25, -0.2) is 9.82 Å². The van der Waals surface area contributed by atoms with Gasteiger partial charge in [0, 0.05) is 34.8 Å². The first kappa shape index (κ1) is 15.0. The molecule has 1 heterocycles. The monoisotopic (exact) mass is 309 g/mol. The number of aromatic nitrogens is 1. The molecule has 0 aliphatic carbocycles. The Bertz CT molecular complexity index is 912. The molecule has 0 aliphatic rings. The SMILES string of the molecule is Cc1c(/C=N/NC(=O)c2cccc(F)c2)c2ccccc2n1C. The fourth-order valence-electron chi connectivity index (χ4n) is 2.56. The highest BCUT2D eigenvalue weighted by molar-refractivity contribution is 6.02. The third kappa shape index (κ3) is 2.85. The number of carbonyl (C=O) groups is 1. The quantitative estimate of drug-likeness (QED) is 0.585. The van der Waals surface area contributed by atoms with Crippen LogP contribution >= 0.6 is 0 Å². The van der Waals surface area contributed by atoms with Crippen molar-refractivity contribution in [3.8, 4) is 0 Å². The summed E-state index contributed by atoms with van der Waals surface area (Å²) in [6.07, 6.45) is 1.62. The zero-order chi connectivity index (χ0) is 16.4. The number of nitrogens with one attached hydrogen (secondary N) is 1. The Morgan fingerprint density at radius 1 is 1.22 bits per heavy atom. The Labute approximate surface area is 133 Å². The molecule has 116 valence electrons.